The molecule has 0 radical (unpaired) electrons. The molecule has 2 N–H and O–H groups in total. The molecule has 2 rings (SSSR count). The van der Waals surface area contributed by atoms with Gasteiger partial charge in [-0.05, 0) is 33.7 Å². The van der Waals surface area contributed by atoms with Crippen LogP contribution in [0.1, 0.15) is 33.6 Å². The second-order valence-electron chi connectivity index (χ2n) is 6.68. The number of piperazine rings is 1. The smallest absolute Gasteiger partial charge is 0.0474 e. The van der Waals surface area contributed by atoms with Gasteiger partial charge < -0.3 is 10.6 Å². The lowest BCUT2D eigenvalue weighted by atomic mass is 9.93. The Labute approximate surface area is 118 Å². The second-order valence-corrected chi connectivity index (χ2v) is 6.68. The summed E-state index contributed by atoms with van der Waals surface area (Å²) in [5, 5.41) is 0. The van der Waals surface area contributed by atoms with Crippen LogP contribution in [0.5, 0.6) is 0 Å². The van der Waals surface area contributed by atoms with Crippen molar-refractivity contribution in [1.29, 1.82) is 0 Å². The minimum atomic E-state index is 0.232. The van der Waals surface area contributed by atoms with Gasteiger partial charge in [-0.2, -0.15) is 0 Å². The van der Waals surface area contributed by atoms with E-state index in [-0.39, 0.29) is 5.54 Å². The molecule has 2 aliphatic heterocycles. The summed E-state index contributed by atoms with van der Waals surface area (Å²) in [5.41, 5.74) is 6.39. The standard InChI is InChI=1S/C15H32N4/c1-5-13(2)18-6-8-19(9-7-18)15(11-16)10-14(3)17(4)12-15/h13-14H,5-12,16H2,1-4H3. The highest BCUT2D eigenvalue weighted by Gasteiger charge is 2.44. The molecule has 112 valence electrons. The van der Waals surface area contributed by atoms with E-state index in [4.69, 9.17) is 5.73 Å². The van der Waals surface area contributed by atoms with Crippen molar-refractivity contribution in [2.24, 2.45) is 5.73 Å². The average molecular weight is 268 g/mol. The molecule has 19 heavy (non-hydrogen) atoms. The van der Waals surface area contributed by atoms with Gasteiger partial charge in [0.25, 0.3) is 0 Å². The fourth-order valence-corrected chi connectivity index (χ4v) is 3.79. The van der Waals surface area contributed by atoms with E-state index in [1.54, 1.807) is 0 Å². The van der Waals surface area contributed by atoms with Crippen LogP contribution in [0.4, 0.5) is 0 Å². The number of nitrogens with zero attached hydrogens (tertiary/aromatic N) is 3. The van der Waals surface area contributed by atoms with Crippen molar-refractivity contribution >= 4 is 0 Å². The number of likely N-dealkylation sites (N-methyl/N-ethyl adjacent to an activating group) is 1. The summed E-state index contributed by atoms with van der Waals surface area (Å²) < 4.78 is 0. The molecular formula is C15H32N4. The molecule has 0 saturated carbocycles. The first-order valence-electron chi connectivity index (χ1n) is 7.92. The van der Waals surface area contributed by atoms with Crippen molar-refractivity contribution < 1.29 is 0 Å². The third-order valence-corrected chi connectivity index (χ3v) is 5.55. The van der Waals surface area contributed by atoms with Crippen molar-refractivity contribution in [2.75, 3.05) is 46.3 Å². The van der Waals surface area contributed by atoms with Gasteiger partial charge >= 0.3 is 0 Å². The minimum absolute atomic E-state index is 0.232. The topological polar surface area (TPSA) is 35.7 Å². The molecule has 2 heterocycles. The highest BCUT2D eigenvalue weighted by molar-refractivity contribution is 5.03. The number of likely N-dealkylation sites (tertiary alicyclic amines) is 1. The minimum Gasteiger partial charge on any atom is -0.329 e. The van der Waals surface area contributed by atoms with Gasteiger partial charge in [-0.1, -0.05) is 6.92 Å². The average Bonchev–Trinajstić information content (AvgIpc) is 2.74. The molecule has 0 aliphatic carbocycles. The van der Waals surface area contributed by atoms with Crippen molar-refractivity contribution in [2.45, 2.75) is 51.2 Å². The first-order valence-corrected chi connectivity index (χ1v) is 7.92. The number of hydrogen-bond donors (Lipinski definition) is 1. The van der Waals surface area contributed by atoms with E-state index in [0.717, 1.165) is 19.1 Å². The molecule has 0 amide bonds. The fourth-order valence-electron chi connectivity index (χ4n) is 3.79. The van der Waals surface area contributed by atoms with Crippen LogP contribution in [-0.4, -0.2) is 78.6 Å². The summed E-state index contributed by atoms with van der Waals surface area (Å²) in [6.07, 6.45) is 2.48. The van der Waals surface area contributed by atoms with Crippen LogP contribution in [0.15, 0.2) is 0 Å². The Hall–Kier alpha value is -0.160. The normalized spacial score (nSPS) is 36.8. The molecule has 0 aromatic heterocycles. The zero-order valence-corrected chi connectivity index (χ0v) is 13.2. The number of hydrogen-bond acceptors (Lipinski definition) is 4. The zero-order chi connectivity index (χ0) is 14.0. The summed E-state index contributed by atoms with van der Waals surface area (Å²) in [4.78, 5) is 7.77. The van der Waals surface area contributed by atoms with E-state index in [0.29, 0.717) is 6.04 Å². The third-order valence-electron chi connectivity index (χ3n) is 5.55. The van der Waals surface area contributed by atoms with Crippen LogP contribution < -0.4 is 5.73 Å². The van der Waals surface area contributed by atoms with Crippen LogP contribution in [0.2, 0.25) is 0 Å². The van der Waals surface area contributed by atoms with E-state index >= 15 is 0 Å². The summed E-state index contributed by atoms with van der Waals surface area (Å²) in [6.45, 7) is 13.7. The van der Waals surface area contributed by atoms with Crippen molar-refractivity contribution in [3.8, 4) is 0 Å². The largest absolute Gasteiger partial charge is 0.329 e. The summed E-state index contributed by atoms with van der Waals surface area (Å²) in [6, 6.07) is 1.39. The van der Waals surface area contributed by atoms with Crippen LogP contribution in [0.3, 0.4) is 0 Å². The summed E-state index contributed by atoms with van der Waals surface area (Å²) in [5.74, 6) is 0. The van der Waals surface area contributed by atoms with E-state index in [1.165, 1.54) is 39.0 Å². The second kappa shape index (κ2) is 6.08. The highest BCUT2D eigenvalue weighted by atomic mass is 15.3. The van der Waals surface area contributed by atoms with Gasteiger partial charge in [-0.15, -0.1) is 0 Å². The van der Waals surface area contributed by atoms with E-state index in [1.807, 2.05) is 0 Å². The van der Waals surface area contributed by atoms with Gasteiger partial charge in [0, 0.05) is 56.9 Å². The van der Waals surface area contributed by atoms with Crippen LogP contribution in [0.25, 0.3) is 0 Å². The van der Waals surface area contributed by atoms with Crippen LogP contribution in [-0.2, 0) is 0 Å². The SMILES string of the molecule is CCC(C)N1CCN(C2(CN)CC(C)N(C)C2)CC1. The maximum absolute atomic E-state index is 6.16. The molecule has 3 unspecified atom stereocenters. The first kappa shape index (κ1) is 15.2. The van der Waals surface area contributed by atoms with Crippen LogP contribution in [0, 0.1) is 0 Å². The van der Waals surface area contributed by atoms with Gasteiger partial charge in [0.1, 0.15) is 0 Å². The molecule has 0 bridgehead atoms. The Morgan fingerprint density at radius 3 is 2.32 bits per heavy atom. The lowest BCUT2D eigenvalue weighted by Gasteiger charge is -2.46. The maximum atomic E-state index is 6.16. The Bertz CT molecular complexity index is 276. The molecule has 2 fully saturated rings. The van der Waals surface area contributed by atoms with Gasteiger partial charge in [0.15, 0.2) is 0 Å². The summed E-state index contributed by atoms with van der Waals surface area (Å²) >= 11 is 0. The monoisotopic (exact) mass is 268 g/mol. The Kier molecular flexibility index (Phi) is 4.88. The number of rotatable bonds is 4. The molecule has 2 saturated heterocycles. The lowest BCUT2D eigenvalue weighted by molar-refractivity contribution is 0.0279. The first-order chi connectivity index (χ1) is 9.02. The molecule has 0 spiro atoms. The molecule has 0 aromatic carbocycles. The predicted molar refractivity (Wildman–Crippen MR) is 81.4 cm³/mol. The molecule has 4 heteroatoms. The predicted octanol–water partition coefficient (Wildman–Crippen LogP) is 0.824. The van der Waals surface area contributed by atoms with Crippen molar-refractivity contribution in [3.05, 3.63) is 0 Å². The number of nitrogens with two attached hydrogens (primary N) is 1. The molecule has 0 aromatic rings. The van der Waals surface area contributed by atoms with E-state index in [2.05, 4.69) is 42.5 Å². The Morgan fingerprint density at radius 1 is 1.26 bits per heavy atom. The lowest BCUT2D eigenvalue weighted by Crippen LogP contribution is -2.62. The quantitative estimate of drug-likeness (QED) is 0.819. The molecule has 3 atom stereocenters. The molecule has 2 aliphatic rings. The Balaban J connectivity index is 1.96. The van der Waals surface area contributed by atoms with Gasteiger partial charge in [-0.3, -0.25) is 9.80 Å². The third kappa shape index (κ3) is 2.97. The Morgan fingerprint density at radius 2 is 1.89 bits per heavy atom. The van der Waals surface area contributed by atoms with Crippen molar-refractivity contribution in [1.82, 2.24) is 14.7 Å². The molecular weight excluding hydrogens is 236 g/mol. The van der Waals surface area contributed by atoms with Crippen molar-refractivity contribution in [3.63, 3.8) is 0 Å². The van der Waals surface area contributed by atoms with Gasteiger partial charge in [0.2, 0.25) is 0 Å². The van der Waals surface area contributed by atoms with E-state index in [9.17, 15) is 0 Å². The summed E-state index contributed by atoms with van der Waals surface area (Å²) in [7, 11) is 2.23. The van der Waals surface area contributed by atoms with E-state index < -0.39 is 0 Å². The molecule has 4 nitrogen and oxygen atoms in total. The van der Waals surface area contributed by atoms with Crippen LogP contribution >= 0.6 is 0 Å². The fraction of sp³-hybridized carbons (Fsp3) is 1.00. The maximum Gasteiger partial charge on any atom is 0.0474 e. The van der Waals surface area contributed by atoms with Gasteiger partial charge in [-0.25, -0.2) is 0 Å². The highest BCUT2D eigenvalue weighted by Crippen LogP contribution is 2.31. The zero-order valence-electron chi connectivity index (χ0n) is 13.2. The van der Waals surface area contributed by atoms with Gasteiger partial charge in [0.05, 0.1) is 0 Å².